The molecule has 0 unspecified atom stereocenters. The number of nitrogens with one attached hydrogen (secondary N) is 1. The van der Waals surface area contributed by atoms with Crippen molar-refractivity contribution in [3.05, 3.63) is 95.3 Å². The fourth-order valence-corrected chi connectivity index (χ4v) is 3.47. The van der Waals surface area contributed by atoms with E-state index in [2.05, 4.69) is 20.5 Å². The third kappa shape index (κ3) is 3.28. The topological polar surface area (TPSA) is 72.2 Å². The lowest BCUT2D eigenvalue weighted by Gasteiger charge is -2.11. The summed E-state index contributed by atoms with van der Waals surface area (Å²) in [6, 6.07) is 17.4. The van der Waals surface area contributed by atoms with Crippen LogP contribution < -0.4 is 5.32 Å². The minimum atomic E-state index is -0.750. The molecule has 0 aliphatic carbocycles. The molecule has 3 aromatic carbocycles. The zero-order valence-electron chi connectivity index (χ0n) is 16.3. The first kappa shape index (κ1) is 18.8. The number of hydrogen-bond donors (Lipinski definition) is 1. The summed E-state index contributed by atoms with van der Waals surface area (Å²) in [4.78, 5) is 17.4. The summed E-state index contributed by atoms with van der Waals surface area (Å²) in [5.41, 5.74) is 2.70. The number of carbonyl (C=O) groups excluding carboxylic acids is 1. The first-order valence-corrected chi connectivity index (χ1v) is 9.48. The molecule has 0 aliphatic rings. The largest absolute Gasteiger partial charge is 0.335 e. The van der Waals surface area contributed by atoms with Crippen LogP contribution in [0.15, 0.2) is 66.7 Å². The molecule has 0 aliphatic heterocycles. The Kier molecular flexibility index (Phi) is 4.39. The van der Waals surface area contributed by atoms with Crippen LogP contribution >= 0.6 is 0 Å². The molecule has 1 N–H and O–H groups in total. The van der Waals surface area contributed by atoms with Crippen molar-refractivity contribution in [1.82, 2.24) is 19.6 Å². The first-order chi connectivity index (χ1) is 15.0. The lowest BCUT2D eigenvalue weighted by molar-refractivity contribution is 0.103. The maximum Gasteiger partial charge on any atom is 0.204 e. The highest BCUT2D eigenvalue weighted by Crippen LogP contribution is 2.27. The van der Waals surface area contributed by atoms with Crippen LogP contribution in [0.4, 0.5) is 20.3 Å². The Balaban J connectivity index is 1.66. The Morgan fingerprint density at radius 1 is 0.935 bits per heavy atom. The van der Waals surface area contributed by atoms with E-state index in [0.717, 1.165) is 12.1 Å². The van der Waals surface area contributed by atoms with E-state index in [4.69, 9.17) is 0 Å². The van der Waals surface area contributed by atoms with E-state index in [9.17, 15) is 13.6 Å². The summed E-state index contributed by atoms with van der Waals surface area (Å²) in [5, 5.41) is 11.1. The Morgan fingerprint density at radius 2 is 1.74 bits per heavy atom. The second kappa shape index (κ2) is 7.24. The van der Waals surface area contributed by atoms with Gasteiger partial charge in [0.1, 0.15) is 17.5 Å². The molecular weight excluding hydrogens is 400 g/mol. The van der Waals surface area contributed by atoms with Gasteiger partial charge in [0.15, 0.2) is 11.6 Å². The van der Waals surface area contributed by atoms with E-state index in [1.807, 2.05) is 18.2 Å². The molecule has 0 radical (unpaired) electrons. The third-order valence-electron chi connectivity index (χ3n) is 4.97. The van der Waals surface area contributed by atoms with Crippen molar-refractivity contribution in [3.63, 3.8) is 0 Å². The van der Waals surface area contributed by atoms with Gasteiger partial charge in [-0.1, -0.05) is 30.3 Å². The van der Waals surface area contributed by atoms with Crippen molar-refractivity contribution in [2.45, 2.75) is 6.92 Å². The number of carbonyl (C=O) groups is 1. The number of hydrogen-bond acceptors (Lipinski definition) is 5. The Bertz CT molecular complexity index is 1460. The fraction of sp³-hybridized carbons (Fsp3) is 0.0435. The van der Waals surface area contributed by atoms with E-state index in [1.165, 1.54) is 6.07 Å². The first-order valence-electron chi connectivity index (χ1n) is 9.48. The maximum atomic E-state index is 14.1. The SMILES string of the molecule is Cc1nnc2c(Nc3ccc(F)cc3F)nc3ccc(C(=O)c4ccccc4)cc3n12. The van der Waals surface area contributed by atoms with Gasteiger partial charge in [0.2, 0.25) is 5.65 Å². The second-order valence-corrected chi connectivity index (χ2v) is 7.01. The Labute approximate surface area is 175 Å². The van der Waals surface area contributed by atoms with Crippen molar-refractivity contribution in [1.29, 1.82) is 0 Å². The van der Waals surface area contributed by atoms with Gasteiger partial charge in [-0.3, -0.25) is 9.20 Å². The number of rotatable bonds is 4. The molecule has 6 nitrogen and oxygen atoms in total. The number of fused-ring (bicyclic) bond motifs is 3. The Hall–Kier alpha value is -4.20. The van der Waals surface area contributed by atoms with E-state index in [0.29, 0.717) is 33.6 Å². The number of aromatic nitrogens is 4. The van der Waals surface area contributed by atoms with Crippen molar-refractivity contribution < 1.29 is 13.6 Å². The lowest BCUT2D eigenvalue weighted by atomic mass is 10.0. The summed E-state index contributed by atoms with van der Waals surface area (Å²) in [5.74, 6) is -0.694. The highest BCUT2D eigenvalue weighted by molar-refractivity contribution is 6.10. The summed E-state index contributed by atoms with van der Waals surface area (Å²) in [6.45, 7) is 1.77. The third-order valence-corrected chi connectivity index (χ3v) is 4.97. The van der Waals surface area contributed by atoms with Gasteiger partial charge in [0.05, 0.1) is 16.7 Å². The molecule has 0 bridgehead atoms. The second-order valence-electron chi connectivity index (χ2n) is 7.01. The predicted octanol–water partition coefficient (Wildman–Crippen LogP) is 4.84. The van der Waals surface area contributed by atoms with Gasteiger partial charge >= 0.3 is 0 Å². The molecule has 5 rings (SSSR count). The average Bonchev–Trinajstić information content (AvgIpc) is 3.18. The average molecular weight is 415 g/mol. The van der Waals surface area contributed by atoms with Crippen LogP contribution in [0.3, 0.4) is 0 Å². The zero-order chi connectivity index (χ0) is 21.5. The van der Waals surface area contributed by atoms with Gasteiger partial charge in [-0.05, 0) is 37.3 Å². The van der Waals surface area contributed by atoms with E-state index in [-0.39, 0.29) is 17.3 Å². The van der Waals surface area contributed by atoms with E-state index < -0.39 is 11.6 Å². The molecule has 0 saturated heterocycles. The highest BCUT2D eigenvalue weighted by Gasteiger charge is 2.17. The predicted molar refractivity (Wildman–Crippen MR) is 113 cm³/mol. The number of anilines is 2. The molecular formula is C23H15F2N5O. The molecule has 0 atom stereocenters. The fourth-order valence-electron chi connectivity index (χ4n) is 3.47. The molecule has 152 valence electrons. The minimum absolute atomic E-state index is 0.0617. The van der Waals surface area contributed by atoms with Crippen molar-refractivity contribution in [3.8, 4) is 0 Å². The molecule has 2 aromatic heterocycles. The summed E-state index contributed by atoms with van der Waals surface area (Å²) < 4.78 is 29.1. The van der Waals surface area contributed by atoms with Gasteiger partial charge in [0.25, 0.3) is 0 Å². The lowest BCUT2D eigenvalue weighted by Crippen LogP contribution is -2.05. The summed E-state index contributed by atoms with van der Waals surface area (Å²) >= 11 is 0. The summed E-state index contributed by atoms with van der Waals surface area (Å²) in [6.07, 6.45) is 0. The number of ketones is 1. The number of aryl methyl sites for hydroxylation is 1. The van der Waals surface area contributed by atoms with Crippen LogP contribution in [0.5, 0.6) is 0 Å². The standard InChI is InChI=1S/C23H15F2N5O/c1-13-28-29-23-22(26-18-10-8-16(24)12-17(18)25)27-19-9-7-15(11-20(19)30(13)23)21(31)14-5-3-2-4-6-14/h2-12H,1H3,(H,26,27). The summed E-state index contributed by atoms with van der Waals surface area (Å²) in [7, 11) is 0. The molecule has 31 heavy (non-hydrogen) atoms. The van der Waals surface area contributed by atoms with Crippen LogP contribution in [0, 0.1) is 18.6 Å². The number of halogens is 2. The van der Waals surface area contributed by atoms with Crippen LogP contribution in [0.2, 0.25) is 0 Å². The molecule has 0 saturated carbocycles. The molecule has 8 heteroatoms. The van der Waals surface area contributed by atoms with E-state index in [1.54, 1.807) is 41.7 Å². The molecule has 2 heterocycles. The quantitative estimate of drug-likeness (QED) is 0.425. The number of nitrogens with zero attached hydrogens (tertiary/aromatic N) is 4. The van der Waals surface area contributed by atoms with E-state index >= 15 is 0 Å². The smallest absolute Gasteiger partial charge is 0.204 e. The van der Waals surface area contributed by atoms with Crippen molar-refractivity contribution in [2.75, 3.05) is 5.32 Å². The zero-order valence-corrected chi connectivity index (χ0v) is 16.3. The molecule has 0 fully saturated rings. The maximum absolute atomic E-state index is 14.1. The number of benzene rings is 3. The van der Waals surface area contributed by atoms with Crippen LogP contribution in [0.1, 0.15) is 21.7 Å². The Morgan fingerprint density at radius 3 is 2.52 bits per heavy atom. The van der Waals surface area contributed by atoms with Crippen molar-refractivity contribution in [2.24, 2.45) is 0 Å². The van der Waals surface area contributed by atoms with Crippen LogP contribution in [-0.4, -0.2) is 25.4 Å². The van der Waals surface area contributed by atoms with Crippen molar-refractivity contribution >= 4 is 34.0 Å². The highest BCUT2D eigenvalue weighted by atomic mass is 19.1. The normalized spacial score (nSPS) is 11.2. The van der Waals surface area contributed by atoms with Gasteiger partial charge < -0.3 is 5.32 Å². The van der Waals surface area contributed by atoms with Crippen LogP contribution in [-0.2, 0) is 0 Å². The molecule has 5 aromatic rings. The van der Waals surface area contributed by atoms with Gasteiger partial charge in [-0.2, -0.15) is 0 Å². The molecule has 0 spiro atoms. The van der Waals surface area contributed by atoms with Gasteiger partial charge in [-0.15, -0.1) is 10.2 Å². The molecule has 0 amide bonds. The minimum Gasteiger partial charge on any atom is -0.335 e. The monoisotopic (exact) mass is 415 g/mol. The van der Waals surface area contributed by atoms with Gasteiger partial charge in [-0.25, -0.2) is 13.8 Å². The van der Waals surface area contributed by atoms with Crippen LogP contribution in [0.25, 0.3) is 16.7 Å². The van der Waals surface area contributed by atoms with Gasteiger partial charge in [0, 0.05) is 17.2 Å².